The van der Waals surface area contributed by atoms with Gasteiger partial charge in [0.1, 0.15) is 5.69 Å². The van der Waals surface area contributed by atoms with Gasteiger partial charge in [-0.25, -0.2) is 9.36 Å². The van der Waals surface area contributed by atoms with Crippen molar-refractivity contribution in [2.24, 2.45) is 7.05 Å². The minimum atomic E-state index is -0.375. The third kappa shape index (κ3) is 4.59. The molecule has 2 aromatic carbocycles. The quantitative estimate of drug-likeness (QED) is 0.401. The average molecular weight is 488 g/mol. The number of nitrogens with zero attached hydrogens (tertiary/aromatic N) is 4. The lowest BCUT2D eigenvalue weighted by atomic mass is 10.1. The summed E-state index contributed by atoms with van der Waals surface area (Å²) < 4.78 is 9.78. The Labute approximate surface area is 208 Å². The molecule has 2 aromatic heterocycles. The van der Waals surface area contributed by atoms with Crippen LogP contribution in [0.1, 0.15) is 39.4 Å². The van der Waals surface area contributed by atoms with Gasteiger partial charge in [0, 0.05) is 24.7 Å². The fourth-order valence-corrected chi connectivity index (χ4v) is 4.27. The molecule has 186 valence electrons. The van der Waals surface area contributed by atoms with Crippen molar-refractivity contribution < 1.29 is 14.3 Å². The zero-order valence-corrected chi connectivity index (χ0v) is 21.0. The summed E-state index contributed by atoms with van der Waals surface area (Å²) in [4.78, 5) is 37.6. The van der Waals surface area contributed by atoms with E-state index < -0.39 is 0 Å². The van der Waals surface area contributed by atoms with Crippen molar-refractivity contribution >= 4 is 17.6 Å². The van der Waals surface area contributed by atoms with Gasteiger partial charge in [-0.15, -0.1) is 0 Å². The van der Waals surface area contributed by atoms with Crippen LogP contribution >= 0.6 is 0 Å². The van der Waals surface area contributed by atoms with Gasteiger partial charge in [0.2, 0.25) is 0 Å². The summed E-state index contributed by atoms with van der Waals surface area (Å²) in [5.41, 5.74) is 5.28. The molecular formula is C27H29N5O4. The van der Waals surface area contributed by atoms with Gasteiger partial charge in [0.05, 0.1) is 29.9 Å². The van der Waals surface area contributed by atoms with Crippen LogP contribution in [0.15, 0.2) is 59.4 Å². The molecule has 9 heteroatoms. The highest BCUT2D eigenvalue weighted by Gasteiger charge is 2.19. The zero-order valence-electron chi connectivity index (χ0n) is 21.0. The average Bonchev–Trinajstić information content (AvgIpc) is 3.29. The number of amides is 1. The Hall–Kier alpha value is -4.40. The number of hydrogen-bond acceptors (Lipinski definition) is 5. The lowest BCUT2D eigenvalue weighted by Gasteiger charge is -2.08. The summed E-state index contributed by atoms with van der Waals surface area (Å²) in [7, 11) is 3.16. The van der Waals surface area contributed by atoms with Crippen LogP contribution in [0.5, 0.6) is 0 Å². The summed E-state index contributed by atoms with van der Waals surface area (Å²) in [5, 5.41) is 7.39. The van der Waals surface area contributed by atoms with E-state index in [1.54, 1.807) is 47.6 Å². The predicted octanol–water partition coefficient (Wildman–Crippen LogP) is 3.64. The van der Waals surface area contributed by atoms with Crippen LogP contribution in [0.3, 0.4) is 0 Å². The topological polar surface area (TPSA) is 100 Å². The third-order valence-corrected chi connectivity index (χ3v) is 6.41. The van der Waals surface area contributed by atoms with E-state index in [1.165, 1.54) is 11.8 Å². The van der Waals surface area contributed by atoms with Gasteiger partial charge in [0.15, 0.2) is 0 Å². The molecule has 0 fully saturated rings. The number of benzene rings is 2. The maximum absolute atomic E-state index is 13.1. The lowest BCUT2D eigenvalue weighted by molar-refractivity contribution is -0.140. The molecule has 0 aliphatic rings. The minimum absolute atomic E-state index is 0.240. The number of hydrogen-bond donors (Lipinski definition) is 1. The Morgan fingerprint density at radius 2 is 1.61 bits per heavy atom. The fourth-order valence-electron chi connectivity index (χ4n) is 4.27. The van der Waals surface area contributed by atoms with Crippen molar-refractivity contribution in [3.8, 4) is 11.4 Å². The van der Waals surface area contributed by atoms with Gasteiger partial charge in [-0.3, -0.25) is 19.1 Å². The molecule has 4 aromatic rings. The Balaban J connectivity index is 1.55. The Morgan fingerprint density at radius 1 is 0.944 bits per heavy atom. The molecule has 0 unspecified atom stereocenters. The summed E-state index contributed by atoms with van der Waals surface area (Å²) >= 11 is 0. The number of esters is 1. The molecule has 0 saturated heterocycles. The summed E-state index contributed by atoms with van der Waals surface area (Å²) in [6.45, 7) is 5.64. The van der Waals surface area contributed by atoms with Gasteiger partial charge >= 0.3 is 5.97 Å². The second-order valence-electron chi connectivity index (χ2n) is 8.57. The third-order valence-electron chi connectivity index (χ3n) is 6.41. The van der Waals surface area contributed by atoms with Gasteiger partial charge in [-0.05, 0) is 69.2 Å². The largest absolute Gasteiger partial charge is 0.469 e. The van der Waals surface area contributed by atoms with Crippen LogP contribution < -0.4 is 10.9 Å². The van der Waals surface area contributed by atoms with Gasteiger partial charge in [0.25, 0.3) is 11.5 Å². The summed E-state index contributed by atoms with van der Waals surface area (Å²) in [5.74, 6) is -0.638. The number of para-hydroxylation sites is 1. The first kappa shape index (κ1) is 24.7. The van der Waals surface area contributed by atoms with E-state index in [4.69, 9.17) is 4.74 Å². The van der Waals surface area contributed by atoms with Crippen molar-refractivity contribution in [3.63, 3.8) is 0 Å². The van der Waals surface area contributed by atoms with E-state index in [2.05, 4.69) is 10.4 Å². The van der Waals surface area contributed by atoms with Crippen molar-refractivity contribution in [3.05, 3.63) is 93.2 Å². The molecule has 36 heavy (non-hydrogen) atoms. The van der Waals surface area contributed by atoms with Crippen molar-refractivity contribution in [1.82, 2.24) is 19.1 Å². The summed E-state index contributed by atoms with van der Waals surface area (Å²) in [6, 6.07) is 16.3. The SMILES string of the molecule is COC(=O)CCc1c(C)nn(-c2ccc(C(=O)Nc3c(C)n(C)n(-c4ccccc4)c3=O)cc2)c1C. The molecule has 2 heterocycles. The number of anilines is 1. The number of nitrogens with one attached hydrogen (secondary N) is 1. The number of methoxy groups -OCH3 is 1. The second-order valence-corrected chi connectivity index (χ2v) is 8.57. The predicted molar refractivity (Wildman–Crippen MR) is 137 cm³/mol. The number of carbonyl (C=O) groups excluding carboxylic acids is 2. The van der Waals surface area contributed by atoms with E-state index in [-0.39, 0.29) is 29.5 Å². The number of ether oxygens (including phenoxy) is 1. The van der Waals surface area contributed by atoms with E-state index >= 15 is 0 Å². The summed E-state index contributed by atoms with van der Waals surface area (Å²) in [6.07, 6.45) is 0.829. The first-order chi connectivity index (χ1) is 17.2. The zero-order chi connectivity index (χ0) is 26.0. The Morgan fingerprint density at radius 3 is 2.25 bits per heavy atom. The highest BCUT2D eigenvalue weighted by molar-refractivity contribution is 6.04. The van der Waals surface area contributed by atoms with E-state index in [0.717, 1.165) is 22.6 Å². The molecule has 0 atom stereocenters. The molecule has 0 saturated carbocycles. The van der Waals surface area contributed by atoms with Gasteiger partial charge in [-0.1, -0.05) is 18.2 Å². The van der Waals surface area contributed by atoms with Crippen LogP contribution in [0.2, 0.25) is 0 Å². The van der Waals surface area contributed by atoms with Crippen LogP contribution in [-0.2, 0) is 23.0 Å². The van der Waals surface area contributed by atoms with Crippen LogP contribution in [0.25, 0.3) is 11.4 Å². The van der Waals surface area contributed by atoms with Crippen molar-refractivity contribution in [2.45, 2.75) is 33.6 Å². The molecule has 1 amide bonds. The number of aromatic nitrogens is 4. The van der Waals surface area contributed by atoms with Gasteiger partial charge in [-0.2, -0.15) is 5.10 Å². The van der Waals surface area contributed by atoms with E-state index in [9.17, 15) is 14.4 Å². The van der Waals surface area contributed by atoms with Crippen LogP contribution in [0, 0.1) is 20.8 Å². The fraction of sp³-hybridized carbons (Fsp3) is 0.259. The molecule has 0 bridgehead atoms. The number of aryl methyl sites for hydroxylation is 1. The second kappa shape index (κ2) is 10.1. The van der Waals surface area contributed by atoms with Crippen LogP contribution in [0.4, 0.5) is 5.69 Å². The number of carbonyl (C=O) groups is 2. The Kier molecular flexibility index (Phi) is 6.91. The maximum atomic E-state index is 13.1. The molecule has 0 aliphatic carbocycles. The highest BCUT2D eigenvalue weighted by atomic mass is 16.5. The first-order valence-corrected chi connectivity index (χ1v) is 11.6. The first-order valence-electron chi connectivity index (χ1n) is 11.6. The molecule has 0 aliphatic heterocycles. The normalized spacial score (nSPS) is 10.9. The monoisotopic (exact) mass is 487 g/mol. The minimum Gasteiger partial charge on any atom is -0.469 e. The van der Waals surface area contributed by atoms with Crippen molar-refractivity contribution in [1.29, 1.82) is 0 Å². The smallest absolute Gasteiger partial charge is 0.305 e. The Bertz CT molecular complexity index is 1480. The molecule has 4 rings (SSSR count). The van der Waals surface area contributed by atoms with Gasteiger partial charge < -0.3 is 10.1 Å². The molecule has 9 nitrogen and oxygen atoms in total. The maximum Gasteiger partial charge on any atom is 0.305 e. The molecular weight excluding hydrogens is 458 g/mol. The van der Waals surface area contributed by atoms with E-state index in [1.807, 2.05) is 44.2 Å². The number of rotatable bonds is 7. The van der Waals surface area contributed by atoms with Crippen molar-refractivity contribution in [2.75, 3.05) is 12.4 Å². The van der Waals surface area contributed by atoms with E-state index in [0.29, 0.717) is 23.4 Å². The molecule has 0 spiro atoms. The standard InChI is InChI=1S/C27H29N5O4/c1-17-23(15-16-24(33)36-5)18(2)31(29-17)21-13-11-20(12-14-21)26(34)28-25-19(3)30(4)32(27(25)35)22-9-7-6-8-10-22/h6-14H,15-16H2,1-5H3,(H,28,34). The van der Waals surface area contributed by atoms with Crippen LogP contribution in [-0.4, -0.2) is 38.1 Å². The molecule has 0 radical (unpaired) electrons. The highest BCUT2D eigenvalue weighted by Crippen LogP contribution is 2.21. The molecule has 1 N–H and O–H groups in total. The lowest BCUT2D eigenvalue weighted by Crippen LogP contribution is -2.23.